The van der Waals surface area contributed by atoms with Crippen LogP contribution in [0.25, 0.3) is 0 Å². The summed E-state index contributed by atoms with van der Waals surface area (Å²) in [7, 11) is 0. The van der Waals surface area contributed by atoms with Gasteiger partial charge in [-0.05, 0) is 12.5 Å². The van der Waals surface area contributed by atoms with Crippen LogP contribution in [0.15, 0.2) is 12.2 Å². The molecule has 0 fully saturated rings. The quantitative estimate of drug-likeness (QED) is 0.315. The minimum absolute atomic E-state index is 0.0478. The number of hydrogen-bond acceptors (Lipinski definition) is 2. The smallest absolute Gasteiger partial charge is 0.222 e. The first-order chi connectivity index (χ1) is 3.77. The highest BCUT2D eigenvalue weighted by Gasteiger charge is 1.84. The van der Waals surface area contributed by atoms with Crippen molar-refractivity contribution in [2.45, 2.75) is 13.3 Å². The fourth-order valence-electron chi connectivity index (χ4n) is 0.327. The van der Waals surface area contributed by atoms with Gasteiger partial charge in [-0.1, -0.05) is 13.0 Å². The summed E-state index contributed by atoms with van der Waals surface area (Å²) in [6.07, 6.45) is 4.20. The molecule has 0 radical (unpaired) electrons. The third kappa shape index (κ3) is 5.14. The lowest BCUT2D eigenvalue weighted by molar-refractivity contribution is -0.468. The second kappa shape index (κ2) is 4.30. The van der Waals surface area contributed by atoms with E-state index in [0.29, 0.717) is 0 Å². The van der Waals surface area contributed by atoms with E-state index in [4.69, 9.17) is 0 Å². The maximum absolute atomic E-state index is 9.63. The molecule has 0 saturated heterocycles. The number of allylic oxidation sites excluding steroid dienone is 1. The molecule has 3 heteroatoms. The van der Waals surface area contributed by atoms with E-state index in [-0.39, 0.29) is 11.5 Å². The zero-order valence-electron chi connectivity index (χ0n) is 4.83. The summed E-state index contributed by atoms with van der Waals surface area (Å²) in [6, 6.07) is 0. The van der Waals surface area contributed by atoms with Gasteiger partial charge in [-0.15, -0.1) is 0 Å². The van der Waals surface area contributed by atoms with Crippen LogP contribution in [-0.2, 0) is 0 Å². The van der Waals surface area contributed by atoms with Crippen LogP contribution in [0.5, 0.6) is 0 Å². The lowest BCUT2D eigenvalue weighted by Crippen LogP contribution is -1.95. The van der Waals surface area contributed by atoms with Gasteiger partial charge in [0.05, 0.1) is 0 Å². The summed E-state index contributed by atoms with van der Waals surface area (Å²) >= 11 is 0. The van der Waals surface area contributed by atoms with Gasteiger partial charge in [0.25, 0.3) is 0 Å². The fraction of sp³-hybridized carbons (Fsp3) is 0.600. The Labute approximate surface area is 48.2 Å². The van der Waals surface area contributed by atoms with Gasteiger partial charge < -0.3 is 0 Å². The van der Waals surface area contributed by atoms with Gasteiger partial charge in [0, 0.05) is 4.92 Å². The van der Waals surface area contributed by atoms with Crippen LogP contribution in [0, 0.1) is 10.1 Å². The Balaban J connectivity index is 3.16. The molecule has 0 unspecified atom stereocenters. The van der Waals surface area contributed by atoms with Crippen LogP contribution in [0.3, 0.4) is 0 Å². The molecule has 0 amide bonds. The van der Waals surface area contributed by atoms with Crippen molar-refractivity contribution in [1.29, 1.82) is 0 Å². The number of rotatable bonds is 3. The molecule has 0 rings (SSSR count). The average Bonchev–Trinajstić information content (AvgIpc) is 1.66. The zero-order valence-corrected chi connectivity index (χ0v) is 4.83. The van der Waals surface area contributed by atoms with Crippen LogP contribution in [-0.4, -0.2) is 11.5 Å². The van der Waals surface area contributed by atoms with Gasteiger partial charge in [0.1, 0.15) is 0 Å². The van der Waals surface area contributed by atoms with E-state index in [0.717, 1.165) is 6.42 Å². The molecule has 0 saturated carbocycles. The second-order valence-corrected chi connectivity index (χ2v) is 1.39. The predicted octanol–water partition coefficient (Wildman–Crippen LogP) is 1.23. The Kier molecular flexibility index (Phi) is 3.84. The molecule has 0 aromatic rings. The van der Waals surface area contributed by atoms with E-state index < -0.39 is 0 Å². The lowest BCUT2D eigenvalue weighted by atomic mass is 10.4. The molecule has 0 aliphatic rings. The Morgan fingerprint density at radius 3 is 2.62 bits per heavy atom. The molecule has 0 aliphatic carbocycles. The molecule has 0 bridgehead atoms. The normalized spacial score (nSPS) is 10.1. The van der Waals surface area contributed by atoms with Gasteiger partial charge in [-0.3, -0.25) is 10.1 Å². The van der Waals surface area contributed by atoms with Gasteiger partial charge >= 0.3 is 0 Å². The van der Waals surface area contributed by atoms with Crippen molar-refractivity contribution < 1.29 is 4.92 Å². The Morgan fingerprint density at radius 2 is 2.25 bits per heavy atom. The minimum Gasteiger partial charge on any atom is -0.264 e. The van der Waals surface area contributed by atoms with E-state index in [2.05, 4.69) is 0 Å². The highest BCUT2D eigenvalue weighted by Crippen LogP contribution is 1.78. The number of nitro groups is 1. The van der Waals surface area contributed by atoms with Crippen LogP contribution < -0.4 is 0 Å². The topological polar surface area (TPSA) is 43.1 Å². The highest BCUT2D eigenvalue weighted by atomic mass is 16.6. The largest absolute Gasteiger partial charge is 0.264 e. The molecular formula is C5H9NO2. The molecule has 0 aromatic heterocycles. The number of nitrogens with zero attached hydrogens (tertiary/aromatic N) is 1. The Morgan fingerprint density at radius 1 is 1.62 bits per heavy atom. The predicted molar refractivity (Wildman–Crippen MR) is 31.3 cm³/mol. The molecule has 0 atom stereocenters. The van der Waals surface area contributed by atoms with E-state index in [1.165, 1.54) is 0 Å². The van der Waals surface area contributed by atoms with Crippen molar-refractivity contribution in [1.82, 2.24) is 0 Å². The molecule has 0 heterocycles. The van der Waals surface area contributed by atoms with Gasteiger partial charge in [0.15, 0.2) is 0 Å². The fourth-order valence-corrected chi connectivity index (χ4v) is 0.327. The van der Waals surface area contributed by atoms with Crippen molar-refractivity contribution in [3.8, 4) is 0 Å². The summed E-state index contributed by atoms with van der Waals surface area (Å²) in [5, 5.41) is 9.63. The zero-order chi connectivity index (χ0) is 6.41. The molecule has 3 nitrogen and oxygen atoms in total. The number of hydrogen-bond donors (Lipinski definition) is 0. The molecular weight excluding hydrogens is 106 g/mol. The van der Waals surface area contributed by atoms with E-state index >= 15 is 0 Å². The summed E-state index contributed by atoms with van der Waals surface area (Å²) in [5.74, 6) is 0. The Bertz CT molecular complexity index is 98.6. The maximum Gasteiger partial charge on any atom is 0.222 e. The van der Waals surface area contributed by atoms with Crippen molar-refractivity contribution >= 4 is 0 Å². The SMILES string of the molecule is CC/C=C/C[N+](=O)[O-]. The monoisotopic (exact) mass is 115 g/mol. The van der Waals surface area contributed by atoms with Crippen molar-refractivity contribution in [2.75, 3.05) is 6.54 Å². The first kappa shape index (κ1) is 7.14. The van der Waals surface area contributed by atoms with Crippen LogP contribution in [0.1, 0.15) is 13.3 Å². The second-order valence-electron chi connectivity index (χ2n) is 1.39. The Hall–Kier alpha value is -0.860. The van der Waals surface area contributed by atoms with E-state index in [1.807, 2.05) is 6.92 Å². The average molecular weight is 115 g/mol. The summed E-state index contributed by atoms with van der Waals surface area (Å²) in [5.41, 5.74) is 0. The molecule has 46 valence electrons. The minimum atomic E-state index is -0.355. The van der Waals surface area contributed by atoms with Crippen LogP contribution >= 0.6 is 0 Å². The standard InChI is InChI=1S/C5H9NO2/c1-2-3-4-5-6(7)8/h3-4H,2,5H2,1H3/b4-3+. The third-order valence-corrected chi connectivity index (χ3v) is 0.657. The van der Waals surface area contributed by atoms with Gasteiger partial charge in [-0.25, -0.2) is 0 Å². The van der Waals surface area contributed by atoms with Crippen molar-refractivity contribution in [3.63, 3.8) is 0 Å². The highest BCUT2D eigenvalue weighted by molar-refractivity contribution is 4.78. The molecule has 0 aromatic carbocycles. The first-order valence-corrected chi connectivity index (χ1v) is 2.54. The van der Waals surface area contributed by atoms with E-state index in [1.54, 1.807) is 12.2 Å². The van der Waals surface area contributed by atoms with Gasteiger partial charge in [0.2, 0.25) is 6.54 Å². The summed E-state index contributed by atoms with van der Waals surface area (Å²) < 4.78 is 0. The molecule has 8 heavy (non-hydrogen) atoms. The molecule has 0 spiro atoms. The summed E-state index contributed by atoms with van der Waals surface area (Å²) in [4.78, 5) is 9.27. The first-order valence-electron chi connectivity index (χ1n) is 2.54. The maximum atomic E-state index is 9.63. The van der Waals surface area contributed by atoms with Crippen LogP contribution in [0.2, 0.25) is 0 Å². The van der Waals surface area contributed by atoms with Crippen molar-refractivity contribution in [3.05, 3.63) is 22.3 Å². The lowest BCUT2D eigenvalue weighted by Gasteiger charge is -1.80. The summed E-state index contributed by atoms with van der Waals surface area (Å²) in [6.45, 7) is 1.89. The third-order valence-electron chi connectivity index (χ3n) is 0.657. The van der Waals surface area contributed by atoms with Crippen molar-refractivity contribution in [2.24, 2.45) is 0 Å². The molecule has 0 N–H and O–H groups in total. The van der Waals surface area contributed by atoms with Gasteiger partial charge in [-0.2, -0.15) is 0 Å². The van der Waals surface area contributed by atoms with Crippen LogP contribution in [0.4, 0.5) is 0 Å². The van der Waals surface area contributed by atoms with E-state index in [9.17, 15) is 10.1 Å². The molecule has 0 aliphatic heterocycles.